The topological polar surface area (TPSA) is 39.3 Å². The highest BCUT2D eigenvalue weighted by atomic mass is 16.1. The van der Waals surface area contributed by atoms with Gasteiger partial charge in [-0.2, -0.15) is 0 Å². The summed E-state index contributed by atoms with van der Waals surface area (Å²) < 4.78 is 0. The molecule has 0 aliphatic rings. The third-order valence-corrected chi connectivity index (χ3v) is 4.89. The lowest BCUT2D eigenvalue weighted by molar-refractivity contribution is 0.270. The Morgan fingerprint density at radius 3 is 2.38 bits per heavy atom. The summed E-state index contributed by atoms with van der Waals surface area (Å²) in [6.45, 7) is 6.51. The third-order valence-electron chi connectivity index (χ3n) is 4.89. The number of hydrogen-bond acceptors (Lipinski definition) is 3. The van der Waals surface area contributed by atoms with Crippen molar-refractivity contribution in [1.29, 1.82) is 0 Å². The Kier molecular flexibility index (Phi) is 5.43. The number of nitrogens with zero attached hydrogens (tertiary/aromatic N) is 2. The highest BCUT2D eigenvalue weighted by molar-refractivity contribution is 5.83. The van der Waals surface area contributed by atoms with E-state index in [1.807, 2.05) is 50.2 Å². The van der Waals surface area contributed by atoms with E-state index in [1.54, 1.807) is 0 Å². The van der Waals surface area contributed by atoms with Crippen LogP contribution in [0.25, 0.3) is 10.9 Å². The summed E-state index contributed by atoms with van der Waals surface area (Å²) in [5, 5.41) is 0.757. The van der Waals surface area contributed by atoms with Crippen LogP contribution < -0.4 is 10.3 Å². The molecule has 0 aliphatic heterocycles. The van der Waals surface area contributed by atoms with Crippen LogP contribution in [0.2, 0.25) is 0 Å². The average Bonchev–Trinajstić information content (AvgIpc) is 2.64. The highest BCUT2D eigenvalue weighted by Gasteiger charge is 2.14. The molecule has 1 aromatic heterocycles. The van der Waals surface area contributed by atoms with E-state index in [9.17, 15) is 4.79 Å². The molecular weight excluding hydrogens is 322 g/mol. The minimum Gasteiger partial charge on any atom is -0.378 e. The van der Waals surface area contributed by atoms with Crippen molar-refractivity contribution in [2.24, 2.45) is 0 Å². The van der Waals surface area contributed by atoms with Gasteiger partial charge in [0.15, 0.2) is 5.43 Å². The van der Waals surface area contributed by atoms with Crippen molar-refractivity contribution in [2.75, 3.05) is 25.5 Å². The molecule has 136 valence electrons. The third kappa shape index (κ3) is 3.81. The predicted molar refractivity (Wildman–Crippen MR) is 110 cm³/mol. The van der Waals surface area contributed by atoms with Crippen molar-refractivity contribution in [2.45, 2.75) is 26.9 Å². The van der Waals surface area contributed by atoms with Gasteiger partial charge in [0.25, 0.3) is 0 Å². The van der Waals surface area contributed by atoms with Crippen LogP contribution in [0.15, 0.2) is 53.3 Å². The Balaban J connectivity index is 1.96. The van der Waals surface area contributed by atoms with Crippen LogP contribution in [0.5, 0.6) is 0 Å². The highest BCUT2D eigenvalue weighted by Crippen LogP contribution is 2.19. The minimum atomic E-state index is 0.131. The van der Waals surface area contributed by atoms with Crippen LogP contribution in [0, 0.1) is 6.92 Å². The fraction of sp³-hybridized carbons (Fsp3) is 0.318. The Bertz CT molecular complexity index is 945. The Hall–Kier alpha value is -2.59. The summed E-state index contributed by atoms with van der Waals surface area (Å²) in [4.78, 5) is 20.9. The first-order chi connectivity index (χ1) is 12.5. The number of nitrogens with one attached hydrogen (secondary N) is 1. The second-order valence-electron chi connectivity index (χ2n) is 6.97. The van der Waals surface area contributed by atoms with Gasteiger partial charge in [-0.3, -0.25) is 9.69 Å². The van der Waals surface area contributed by atoms with Crippen molar-refractivity contribution >= 4 is 16.6 Å². The molecule has 0 fully saturated rings. The molecule has 0 spiro atoms. The standard InChI is InChI=1S/C22H27N3O/c1-5-25(14-17-9-7-6-8-10-17)15-20-16(2)23-21-12-11-18(24(3)4)13-19(21)22(20)26/h6-13H,5,14-15H2,1-4H3,(H,23,26). The van der Waals surface area contributed by atoms with E-state index in [4.69, 9.17) is 0 Å². The van der Waals surface area contributed by atoms with Crippen molar-refractivity contribution in [1.82, 2.24) is 9.88 Å². The van der Waals surface area contributed by atoms with Gasteiger partial charge in [0.05, 0.1) is 0 Å². The average molecular weight is 349 g/mol. The zero-order chi connectivity index (χ0) is 18.7. The number of rotatable bonds is 6. The molecule has 0 aliphatic carbocycles. The van der Waals surface area contributed by atoms with Gasteiger partial charge < -0.3 is 9.88 Å². The summed E-state index contributed by atoms with van der Waals surface area (Å²) >= 11 is 0. The number of anilines is 1. The second-order valence-corrected chi connectivity index (χ2v) is 6.97. The van der Waals surface area contributed by atoms with E-state index in [0.717, 1.165) is 40.9 Å². The van der Waals surface area contributed by atoms with Crippen LogP contribution in [-0.4, -0.2) is 30.5 Å². The fourth-order valence-corrected chi connectivity index (χ4v) is 3.25. The van der Waals surface area contributed by atoms with Crippen LogP contribution in [0.3, 0.4) is 0 Å². The number of aryl methyl sites for hydroxylation is 1. The lowest BCUT2D eigenvalue weighted by atomic mass is 10.1. The first-order valence-corrected chi connectivity index (χ1v) is 9.08. The first kappa shape index (κ1) is 18.2. The van der Waals surface area contributed by atoms with Crippen LogP contribution in [0.4, 0.5) is 5.69 Å². The molecule has 2 aromatic carbocycles. The van der Waals surface area contributed by atoms with Gasteiger partial charge in [0.1, 0.15) is 0 Å². The fourth-order valence-electron chi connectivity index (χ4n) is 3.25. The molecule has 0 saturated heterocycles. The molecule has 0 amide bonds. The molecule has 3 aromatic rings. The van der Waals surface area contributed by atoms with E-state index in [1.165, 1.54) is 5.56 Å². The summed E-state index contributed by atoms with van der Waals surface area (Å²) in [6.07, 6.45) is 0. The lowest BCUT2D eigenvalue weighted by Crippen LogP contribution is -2.27. The normalized spacial score (nSPS) is 11.3. The smallest absolute Gasteiger partial charge is 0.194 e. The van der Waals surface area contributed by atoms with Crippen LogP contribution in [-0.2, 0) is 13.1 Å². The van der Waals surface area contributed by atoms with Gasteiger partial charge in [-0.1, -0.05) is 37.3 Å². The number of benzene rings is 2. The molecule has 0 radical (unpaired) electrons. The van der Waals surface area contributed by atoms with Crippen molar-refractivity contribution in [3.05, 3.63) is 75.6 Å². The zero-order valence-corrected chi connectivity index (χ0v) is 16.0. The molecule has 0 bridgehead atoms. The molecule has 1 N–H and O–H groups in total. The SMILES string of the molecule is CCN(Cc1ccccc1)Cc1c(C)[nH]c2ccc(N(C)C)cc2c1=O. The molecule has 0 unspecified atom stereocenters. The van der Waals surface area contributed by atoms with Gasteiger partial charge in [0.2, 0.25) is 0 Å². The summed E-state index contributed by atoms with van der Waals surface area (Å²) in [6, 6.07) is 16.4. The monoisotopic (exact) mass is 349 g/mol. The van der Waals surface area contributed by atoms with Gasteiger partial charge in [-0.05, 0) is 37.2 Å². The summed E-state index contributed by atoms with van der Waals surface area (Å²) in [5.74, 6) is 0. The van der Waals surface area contributed by atoms with E-state index in [0.29, 0.717) is 6.54 Å². The van der Waals surface area contributed by atoms with Gasteiger partial charge >= 0.3 is 0 Å². The molecule has 0 atom stereocenters. The van der Waals surface area contributed by atoms with Gasteiger partial charge in [-0.15, -0.1) is 0 Å². The van der Waals surface area contributed by atoms with Crippen LogP contribution >= 0.6 is 0 Å². The Labute approximate surface area is 155 Å². The Morgan fingerprint density at radius 2 is 1.73 bits per heavy atom. The molecule has 4 nitrogen and oxygen atoms in total. The molecular formula is C22H27N3O. The number of fused-ring (bicyclic) bond motifs is 1. The van der Waals surface area contributed by atoms with Crippen molar-refractivity contribution in [3.63, 3.8) is 0 Å². The second kappa shape index (κ2) is 7.75. The molecule has 4 heteroatoms. The Morgan fingerprint density at radius 1 is 1.00 bits per heavy atom. The van der Waals surface area contributed by atoms with E-state index in [2.05, 4.69) is 41.1 Å². The summed E-state index contributed by atoms with van der Waals surface area (Å²) in [7, 11) is 3.98. The lowest BCUT2D eigenvalue weighted by Gasteiger charge is -2.22. The number of hydrogen-bond donors (Lipinski definition) is 1. The van der Waals surface area contributed by atoms with E-state index < -0.39 is 0 Å². The molecule has 1 heterocycles. The van der Waals surface area contributed by atoms with E-state index >= 15 is 0 Å². The first-order valence-electron chi connectivity index (χ1n) is 9.08. The molecule has 26 heavy (non-hydrogen) atoms. The molecule has 0 saturated carbocycles. The molecule has 3 rings (SSSR count). The van der Waals surface area contributed by atoms with E-state index in [-0.39, 0.29) is 5.43 Å². The number of H-pyrrole nitrogens is 1. The quantitative estimate of drug-likeness (QED) is 0.733. The maximum absolute atomic E-state index is 13.2. The zero-order valence-electron chi connectivity index (χ0n) is 16.0. The summed E-state index contributed by atoms with van der Waals surface area (Å²) in [5.41, 5.74) is 5.13. The maximum Gasteiger partial charge on any atom is 0.194 e. The minimum absolute atomic E-state index is 0.131. The number of aromatic amines is 1. The van der Waals surface area contributed by atoms with Crippen LogP contribution in [0.1, 0.15) is 23.7 Å². The van der Waals surface area contributed by atoms with Gasteiger partial charge in [0, 0.05) is 55.0 Å². The number of pyridine rings is 1. The van der Waals surface area contributed by atoms with Gasteiger partial charge in [-0.25, -0.2) is 0 Å². The maximum atomic E-state index is 13.2. The number of aromatic nitrogens is 1. The van der Waals surface area contributed by atoms with Crippen molar-refractivity contribution < 1.29 is 0 Å². The predicted octanol–water partition coefficient (Wildman–Crippen LogP) is 3.92. The van der Waals surface area contributed by atoms with Crippen molar-refractivity contribution in [3.8, 4) is 0 Å². The largest absolute Gasteiger partial charge is 0.378 e.